The Morgan fingerprint density at radius 3 is 1.96 bits per heavy atom. The highest BCUT2D eigenvalue weighted by Crippen LogP contribution is 2.24. The van der Waals surface area contributed by atoms with E-state index in [1.54, 1.807) is 9.80 Å². The van der Waals surface area contributed by atoms with Crippen LogP contribution < -0.4 is 10.6 Å². The smallest absolute Gasteiger partial charge is 0.410 e. The third kappa shape index (κ3) is 16.3. The summed E-state index contributed by atoms with van der Waals surface area (Å²) in [4.78, 5) is 31.9. The van der Waals surface area contributed by atoms with Gasteiger partial charge in [0.05, 0.1) is 25.4 Å². The molecule has 4 saturated heterocycles. The zero-order valence-corrected chi connectivity index (χ0v) is 31.7. The van der Waals surface area contributed by atoms with Gasteiger partial charge in [0.2, 0.25) is 0 Å². The number of carbonyl (C=O) groups excluding carboxylic acids is 2. The Hall–Kier alpha value is -1.78. The molecular formula is C34H68N6O8. The summed E-state index contributed by atoms with van der Waals surface area (Å²) in [6, 6.07) is 1.10. The van der Waals surface area contributed by atoms with Crippen molar-refractivity contribution in [2.24, 2.45) is 0 Å². The predicted octanol–water partition coefficient (Wildman–Crippen LogP) is 1.93. The van der Waals surface area contributed by atoms with E-state index in [9.17, 15) is 14.7 Å². The maximum atomic E-state index is 12.1. The van der Waals surface area contributed by atoms with E-state index in [2.05, 4.69) is 41.2 Å². The fraction of sp³-hybridized carbons (Fsp3) is 0.941. The molecule has 4 aliphatic heterocycles. The highest BCUT2D eigenvalue weighted by Gasteiger charge is 2.36. The Kier molecular flexibility index (Phi) is 16.8. The third-order valence-electron chi connectivity index (χ3n) is 8.24. The van der Waals surface area contributed by atoms with E-state index >= 15 is 0 Å². The standard InChI is InChI=1S/C16H30N2O4.C10H20N2O2.C8H18N2O2/c1-12-9-18(14(19)22-15(2,3)4)8-7-17(12)10-13-11-20-16(5,6)21-13;1-8-7-12(6-5-11-8)9(13)14-10(2,3)4;1-7-4-9-2-3-10(7)5-8(12)6-11/h12-13H,7-11H2,1-6H3;8,11H,5-7H2,1-4H3;7-9,11-12H,2-6H2,1H3/t12-,13-;8-;7-,8-/m000/s1. The van der Waals surface area contributed by atoms with E-state index in [1.165, 1.54) is 0 Å². The molecule has 282 valence electrons. The van der Waals surface area contributed by atoms with Crippen molar-refractivity contribution in [1.29, 1.82) is 0 Å². The van der Waals surface area contributed by atoms with Crippen molar-refractivity contribution in [3.63, 3.8) is 0 Å². The summed E-state index contributed by atoms with van der Waals surface area (Å²) in [5.74, 6) is -0.480. The minimum atomic E-state index is -0.592. The van der Waals surface area contributed by atoms with Gasteiger partial charge in [-0.1, -0.05) is 0 Å². The van der Waals surface area contributed by atoms with Crippen LogP contribution in [0, 0.1) is 0 Å². The second-order valence-corrected chi connectivity index (χ2v) is 15.9. The van der Waals surface area contributed by atoms with Crippen LogP contribution in [-0.4, -0.2) is 175 Å². The number of nitrogens with zero attached hydrogens (tertiary/aromatic N) is 4. The average molecular weight is 689 g/mol. The number of rotatable bonds is 5. The van der Waals surface area contributed by atoms with E-state index in [0.29, 0.717) is 38.3 Å². The zero-order valence-electron chi connectivity index (χ0n) is 31.7. The van der Waals surface area contributed by atoms with Crippen molar-refractivity contribution in [1.82, 2.24) is 30.2 Å². The maximum Gasteiger partial charge on any atom is 0.410 e. The molecule has 48 heavy (non-hydrogen) atoms. The molecule has 0 aromatic carbocycles. The Bertz CT molecular complexity index is 974. The molecule has 4 rings (SSSR count). The van der Waals surface area contributed by atoms with Gasteiger partial charge in [-0.25, -0.2) is 9.59 Å². The first kappa shape index (κ1) is 42.4. The molecule has 14 nitrogen and oxygen atoms in total. The fourth-order valence-corrected chi connectivity index (χ4v) is 5.78. The monoisotopic (exact) mass is 689 g/mol. The van der Waals surface area contributed by atoms with Crippen LogP contribution in [0.25, 0.3) is 0 Å². The molecule has 0 bridgehead atoms. The SMILES string of the molecule is C[C@H]1CN(C(=O)OC(C)(C)C)CCN1.C[C@H]1CN(C(=O)OC(C)(C)C)CCN1C[C@H]1COC(C)(C)O1.C[C@H]1CNCCN1C[C@H](O)CO. The number of carbonyl (C=O) groups is 2. The number of amides is 2. The van der Waals surface area contributed by atoms with Gasteiger partial charge >= 0.3 is 12.2 Å². The lowest BCUT2D eigenvalue weighted by Gasteiger charge is -2.40. The molecule has 0 aliphatic carbocycles. The van der Waals surface area contributed by atoms with Crippen molar-refractivity contribution in [3.8, 4) is 0 Å². The predicted molar refractivity (Wildman–Crippen MR) is 186 cm³/mol. The number of ether oxygens (including phenoxy) is 4. The Balaban J connectivity index is 0.000000266. The van der Waals surface area contributed by atoms with Gasteiger partial charge in [-0.3, -0.25) is 9.80 Å². The molecule has 5 atom stereocenters. The van der Waals surface area contributed by atoms with Crippen LogP contribution in [0.5, 0.6) is 0 Å². The van der Waals surface area contributed by atoms with Crippen molar-refractivity contribution in [2.75, 3.05) is 85.2 Å². The summed E-state index contributed by atoms with van der Waals surface area (Å²) in [6.07, 6.45) is -0.914. The van der Waals surface area contributed by atoms with Crippen LogP contribution in [-0.2, 0) is 18.9 Å². The molecular weight excluding hydrogens is 620 g/mol. The van der Waals surface area contributed by atoms with E-state index in [1.807, 2.05) is 55.4 Å². The summed E-state index contributed by atoms with van der Waals surface area (Å²) in [6.45, 7) is 30.9. The molecule has 4 aliphatic rings. The minimum absolute atomic E-state index is 0.102. The number of nitrogens with one attached hydrogen (secondary N) is 2. The molecule has 0 aromatic heterocycles. The lowest BCUT2D eigenvalue weighted by atomic mass is 10.1. The average Bonchev–Trinajstić information content (AvgIpc) is 3.32. The Labute approximate surface area is 289 Å². The molecule has 0 radical (unpaired) electrons. The first-order valence-electron chi connectivity index (χ1n) is 17.7. The van der Waals surface area contributed by atoms with Crippen LogP contribution in [0.2, 0.25) is 0 Å². The van der Waals surface area contributed by atoms with Gasteiger partial charge in [0.1, 0.15) is 11.2 Å². The lowest BCUT2D eigenvalue weighted by Crippen LogP contribution is -2.56. The largest absolute Gasteiger partial charge is 0.444 e. The quantitative estimate of drug-likeness (QED) is 0.335. The van der Waals surface area contributed by atoms with Crippen LogP contribution in [0.1, 0.15) is 76.2 Å². The molecule has 0 aromatic rings. The Morgan fingerprint density at radius 1 is 0.875 bits per heavy atom. The van der Waals surface area contributed by atoms with Crippen molar-refractivity contribution in [2.45, 2.75) is 123 Å². The maximum absolute atomic E-state index is 12.1. The number of piperazine rings is 3. The van der Waals surface area contributed by atoms with Crippen LogP contribution in [0.3, 0.4) is 0 Å². The lowest BCUT2D eigenvalue weighted by molar-refractivity contribution is -0.141. The van der Waals surface area contributed by atoms with Crippen molar-refractivity contribution in [3.05, 3.63) is 0 Å². The number of aliphatic hydroxyl groups is 2. The fourth-order valence-electron chi connectivity index (χ4n) is 5.78. The molecule has 4 N–H and O–H groups in total. The van der Waals surface area contributed by atoms with Gasteiger partial charge in [0, 0.05) is 90.1 Å². The highest BCUT2D eigenvalue weighted by molar-refractivity contribution is 5.68. The van der Waals surface area contributed by atoms with E-state index < -0.39 is 23.1 Å². The van der Waals surface area contributed by atoms with Gasteiger partial charge in [0.25, 0.3) is 0 Å². The summed E-state index contributed by atoms with van der Waals surface area (Å²) in [5, 5.41) is 24.4. The first-order valence-corrected chi connectivity index (χ1v) is 17.7. The van der Waals surface area contributed by atoms with Crippen LogP contribution >= 0.6 is 0 Å². The second-order valence-electron chi connectivity index (χ2n) is 15.9. The van der Waals surface area contributed by atoms with Gasteiger partial charge in [-0.2, -0.15) is 0 Å². The highest BCUT2D eigenvalue weighted by atomic mass is 16.7. The summed E-state index contributed by atoms with van der Waals surface area (Å²) in [5.41, 5.74) is -0.844. The second kappa shape index (κ2) is 19.0. The molecule has 0 saturated carbocycles. The summed E-state index contributed by atoms with van der Waals surface area (Å²) < 4.78 is 22.2. The van der Waals surface area contributed by atoms with E-state index in [4.69, 9.17) is 24.1 Å². The van der Waals surface area contributed by atoms with Gasteiger partial charge in [-0.05, 0) is 76.2 Å². The summed E-state index contributed by atoms with van der Waals surface area (Å²) >= 11 is 0. The topological polar surface area (TPSA) is 149 Å². The van der Waals surface area contributed by atoms with Crippen LogP contribution in [0.4, 0.5) is 9.59 Å². The first-order chi connectivity index (χ1) is 22.2. The van der Waals surface area contributed by atoms with Crippen molar-refractivity contribution < 1.29 is 38.7 Å². The third-order valence-corrected chi connectivity index (χ3v) is 8.24. The molecule has 14 heteroatoms. The minimum Gasteiger partial charge on any atom is -0.444 e. The van der Waals surface area contributed by atoms with Gasteiger partial charge in [0.15, 0.2) is 5.79 Å². The molecule has 4 heterocycles. The molecule has 0 spiro atoms. The van der Waals surface area contributed by atoms with E-state index in [-0.39, 0.29) is 30.9 Å². The summed E-state index contributed by atoms with van der Waals surface area (Å²) in [7, 11) is 0. The molecule has 2 amide bonds. The zero-order chi connectivity index (χ0) is 36.3. The number of hydrogen-bond acceptors (Lipinski definition) is 12. The number of aliphatic hydroxyl groups excluding tert-OH is 2. The normalized spacial score (nSPS) is 27.6. The molecule has 4 fully saturated rings. The van der Waals surface area contributed by atoms with E-state index in [0.717, 1.165) is 52.4 Å². The number of β-amino-alcohol motifs (C(OH)–C–C–N with tert-alkyl or cyclic N) is 1. The van der Waals surface area contributed by atoms with Crippen LogP contribution in [0.15, 0.2) is 0 Å². The Morgan fingerprint density at radius 2 is 1.48 bits per heavy atom. The van der Waals surface area contributed by atoms with Gasteiger partial charge < -0.3 is 49.6 Å². The van der Waals surface area contributed by atoms with Crippen molar-refractivity contribution >= 4 is 12.2 Å². The molecule has 0 unspecified atom stereocenters. The van der Waals surface area contributed by atoms with Gasteiger partial charge in [-0.15, -0.1) is 0 Å². The number of hydrogen-bond donors (Lipinski definition) is 4.